The lowest BCUT2D eigenvalue weighted by molar-refractivity contribution is 0.241. The van der Waals surface area contributed by atoms with E-state index in [2.05, 4.69) is 48.3 Å². The maximum atomic E-state index is 10.5. The Morgan fingerprint density at radius 1 is 1.05 bits per heavy atom. The molecule has 2 aromatic rings. The van der Waals surface area contributed by atoms with Crippen LogP contribution in [0.5, 0.6) is 5.75 Å². The largest absolute Gasteiger partial charge is 0.508 e. The van der Waals surface area contributed by atoms with Crippen LogP contribution in [0.1, 0.15) is 34.8 Å². The second-order valence-electron chi connectivity index (χ2n) is 6.44. The molecule has 1 N–H and O–H groups in total. The molecule has 22 heavy (non-hydrogen) atoms. The molecule has 1 saturated heterocycles. The summed E-state index contributed by atoms with van der Waals surface area (Å²) in [4.78, 5) is 2.41. The molecule has 2 aromatic carbocycles. The highest BCUT2D eigenvalue weighted by molar-refractivity contribution is 8.01. The zero-order valence-electron chi connectivity index (χ0n) is 12.8. The van der Waals surface area contributed by atoms with Gasteiger partial charge in [0.1, 0.15) is 5.75 Å². The number of piperidine rings is 1. The van der Waals surface area contributed by atoms with Crippen LogP contribution in [-0.4, -0.2) is 30.1 Å². The van der Waals surface area contributed by atoms with Gasteiger partial charge in [-0.3, -0.25) is 0 Å². The molecule has 1 fully saturated rings. The fraction of sp³-hybridized carbons (Fsp3) is 0.368. The third kappa shape index (κ3) is 2.15. The van der Waals surface area contributed by atoms with E-state index in [4.69, 9.17) is 0 Å². The van der Waals surface area contributed by atoms with E-state index < -0.39 is 0 Å². The van der Waals surface area contributed by atoms with E-state index in [1.165, 1.54) is 11.1 Å². The minimum atomic E-state index is 0.168. The summed E-state index contributed by atoms with van der Waals surface area (Å²) in [5.41, 5.74) is 3.80. The molecule has 2 nitrogen and oxygen atoms in total. The quantitative estimate of drug-likeness (QED) is 0.856. The van der Waals surface area contributed by atoms with Gasteiger partial charge in [-0.05, 0) is 50.2 Å². The topological polar surface area (TPSA) is 23.5 Å². The smallest absolute Gasteiger partial charge is 0.120 e. The summed E-state index contributed by atoms with van der Waals surface area (Å²) in [6, 6.07) is 16.7. The minimum absolute atomic E-state index is 0.168. The third-order valence-electron chi connectivity index (χ3n) is 5.08. The summed E-state index contributed by atoms with van der Waals surface area (Å²) >= 11 is 2.05. The van der Waals surface area contributed by atoms with Gasteiger partial charge in [0.25, 0.3) is 0 Å². The molecule has 1 atom stereocenters. The van der Waals surface area contributed by atoms with E-state index in [-0.39, 0.29) is 10.00 Å². The van der Waals surface area contributed by atoms with Gasteiger partial charge in [0.05, 0.1) is 5.25 Å². The van der Waals surface area contributed by atoms with Crippen LogP contribution in [-0.2, 0) is 4.75 Å². The average Bonchev–Trinajstić information content (AvgIpc) is 2.88. The Morgan fingerprint density at radius 3 is 2.50 bits per heavy atom. The van der Waals surface area contributed by atoms with Gasteiger partial charge in [-0.2, -0.15) is 0 Å². The number of phenolic OH excluding ortho intramolecular Hbond substituents is 1. The molecular formula is C19H21NOS. The lowest BCUT2D eigenvalue weighted by Crippen LogP contribution is -2.37. The summed E-state index contributed by atoms with van der Waals surface area (Å²) in [5, 5.41) is 10.8. The third-order valence-corrected chi connectivity index (χ3v) is 6.90. The number of rotatable bonds is 1. The predicted octanol–water partition coefficient (Wildman–Crippen LogP) is 4.15. The van der Waals surface area contributed by atoms with Crippen molar-refractivity contribution in [2.45, 2.75) is 22.8 Å². The molecule has 1 unspecified atom stereocenters. The van der Waals surface area contributed by atoms with Crippen molar-refractivity contribution in [2.24, 2.45) is 0 Å². The molecule has 2 heterocycles. The highest BCUT2D eigenvalue weighted by Crippen LogP contribution is 2.62. The minimum Gasteiger partial charge on any atom is -0.508 e. The van der Waals surface area contributed by atoms with E-state index in [1.54, 1.807) is 0 Å². The van der Waals surface area contributed by atoms with Gasteiger partial charge in [0.2, 0.25) is 0 Å². The van der Waals surface area contributed by atoms with Gasteiger partial charge in [-0.25, -0.2) is 0 Å². The van der Waals surface area contributed by atoms with Crippen molar-refractivity contribution in [3.63, 3.8) is 0 Å². The molecule has 0 amide bonds. The van der Waals surface area contributed by atoms with Gasteiger partial charge in [-0.1, -0.05) is 42.5 Å². The maximum absolute atomic E-state index is 10.5. The van der Waals surface area contributed by atoms with Gasteiger partial charge in [0, 0.05) is 10.3 Å². The SMILES string of the molecule is CN1CCC2(CC1)SC(c1ccccc1)c1c(O)cccc12. The number of hydrogen-bond acceptors (Lipinski definition) is 3. The zero-order chi connectivity index (χ0) is 15.2. The molecule has 0 aliphatic carbocycles. The van der Waals surface area contributed by atoms with Crippen LogP contribution < -0.4 is 0 Å². The van der Waals surface area contributed by atoms with E-state index >= 15 is 0 Å². The normalized spacial score (nSPS) is 23.6. The van der Waals surface area contributed by atoms with Gasteiger partial charge < -0.3 is 10.0 Å². The van der Waals surface area contributed by atoms with Crippen molar-refractivity contribution in [1.82, 2.24) is 4.90 Å². The number of thioether (sulfide) groups is 1. The van der Waals surface area contributed by atoms with Crippen LogP contribution >= 0.6 is 11.8 Å². The molecule has 2 aliphatic rings. The highest BCUT2D eigenvalue weighted by atomic mass is 32.2. The van der Waals surface area contributed by atoms with E-state index in [9.17, 15) is 5.11 Å². The Kier molecular flexibility index (Phi) is 3.43. The summed E-state index contributed by atoms with van der Waals surface area (Å²) in [5.74, 6) is 0.453. The molecule has 2 aliphatic heterocycles. The van der Waals surface area contributed by atoms with Crippen LogP contribution in [0, 0.1) is 0 Å². The predicted molar refractivity (Wildman–Crippen MR) is 92.4 cm³/mol. The Bertz CT molecular complexity index is 677. The molecule has 0 bridgehead atoms. The zero-order valence-corrected chi connectivity index (χ0v) is 13.6. The van der Waals surface area contributed by atoms with Crippen LogP contribution in [0.25, 0.3) is 0 Å². The van der Waals surface area contributed by atoms with Crippen molar-refractivity contribution in [2.75, 3.05) is 20.1 Å². The molecule has 0 radical (unpaired) electrons. The first-order valence-corrected chi connectivity index (χ1v) is 8.81. The first-order valence-electron chi connectivity index (χ1n) is 7.93. The number of benzene rings is 2. The van der Waals surface area contributed by atoms with Gasteiger partial charge >= 0.3 is 0 Å². The van der Waals surface area contributed by atoms with Gasteiger partial charge in [-0.15, -0.1) is 11.8 Å². The van der Waals surface area contributed by atoms with Crippen LogP contribution in [0.4, 0.5) is 0 Å². The Morgan fingerprint density at radius 2 is 1.77 bits per heavy atom. The molecule has 114 valence electrons. The van der Waals surface area contributed by atoms with Crippen molar-refractivity contribution >= 4 is 11.8 Å². The molecule has 0 aromatic heterocycles. The van der Waals surface area contributed by atoms with Gasteiger partial charge in [0.15, 0.2) is 0 Å². The van der Waals surface area contributed by atoms with Crippen molar-refractivity contribution in [1.29, 1.82) is 0 Å². The first kappa shape index (κ1) is 14.2. The molecule has 0 saturated carbocycles. The maximum Gasteiger partial charge on any atom is 0.120 e. The van der Waals surface area contributed by atoms with Crippen molar-refractivity contribution in [3.8, 4) is 5.75 Å². The second kappa shape index (κ2) is 5.32. The monoisotopic (exact) mass is 311 g/mol. The molecular weight excluding hydrogens is 290 g/mol. The fourth-order valence-electron chi connectivity index (χ4n) is 3.80. The standard InChI is InChI=1S/C19H21NOS/c1-20-12-10-19(11-13-20)15-8-5-9-16(21)17(15)18(22-19)14-6-3-2-4-7-14/h2-9,18,21H,10-13H2,1H3. The number of likely N-dealkylation sites (tertiary alicyclic amines) is 1. The number of hydrogen-bond donors (Lipinski definition) is 1. The summed E-state index contributed by atoms with van der Waals surface area (Å²) in [6.07, 6.45) is 2.32. The lowest BCUT2D eigenvalue weighted by atomic mass is 9.84. The molecule has 4 rings (SSSR count). The van der Waals surface area contributed by atoms with E-state index in [1.807, 2.05) is 23.9 Å². The van der Waals surface area contributed by atoms with Crippen molar-refractivity contribution < 1.29 is 5.11 Å². The first-order chi connectivity index (χ1) is 10.7. The van der Waals surface area contributed by atoms with E-state index in [0.29, 0.717) is 5.75 Å². The lowest BCUT2D eigenvalue weighted by Gasteiger charge is -2.38. The average molecular weight is 311 g/mol. The van der Waals surface area contributed by atoms with Crippen LogP contribution in [0.15, 0.2) is 48.5 Å². The number of nitrogens with zero attached hydrogens (tertiary/aromatic N) is 1. The van der Waals surface area contributed by atoms with E-state index in [0.717, 1.165) is 31.5 Å². The molecule has 1 spiro atoms. The van der Waals surface area contributed by atoms with Crippen LogP contribution in [0.3, 0.4) is 0 Å². The highest BCUT2D eigenvalue weighted by Gasteiger charge is 2.47. The molecule has 3 heteroatoms. The van der Waals surface area contributed by atoms with Crippen molar-refractivity contribution in [3.05, 3.63) is 65.2 Å². The Balaban J connectivity index is 1.82. The summed E-state index contributed by atoms with van der Waals surface area (Å²) < 4.78 is 0.168. The Hall–Kier alpha value is -1.45. The number of phenols is 1. The Labute approximate surface area is 136 Å². The summed E-state index contributed by atoms with van der Waals surface area (Å²) in [6.45, 7) is 2.26. The second-order valence-corrected chi connectivity index (χ2v) is 7.93. The fourth-order valence-corrected chi connectivity index (χ4v) is 5.64. The van der Waals surface area contributed by atoms with Crippen LogP contribution in [0.2, 0.25) is 0 Å². The number of fused-ring (bicyclic) bond motifs is 2. The summed E-state index contributed by atoms with van der Waals surface area (Å²) in [7, 11) is 2.20. The number of aromatic hydroxyl groups is 1.